The van der Waals surface area contributed by atoms with Gasteiger partial charge in [0.1, 0.15) is 0 Å². The second-order valence-corrected chi connectivity index (χ2v) is 7.89. The maximum absolute atomic E-state index is 12.7. The lowest BCUT2D eigenvalue weighted by molar-refractivity contribution is 0.601. The van der Waals surface area contributed by atoms with Crippen molar-refractivity contribution >= 4 is 38.9 Å². The molecule has 0 amide bonds. The van der Waals surface area contributed by atoms with E-state index in [1.54, 1.807) is 23.0 Å². The summed E-state index contributed by atoms with van der Waals surface area (Å²) in [5.74, 6) is 0.386. The number of benzene rings is 1. The van der Waals surface area contributed by atoms with Crippen LogP contribution in [-0.4, -0.2) is 23.2 Å². The maximum atomic E-state index is 12.7. The Labute approximate surface area is 155 Å². The number of hydrogen-bond donors (Lipinski definition) is 1. The third-order valence-corrected chi connectivity index (χ3v) is 5.54. The molecule has 0 unspecified atom stereocenters. The van der Waals surface area contributed by atoms with Crippen molar-refractivity contribution < 1.29 is 8.42 Å². The van der Waals surface area contributed by atoms with Crippen LogP contribution < -0.4 is 4.72 Å². The first-order valence-electron chi connectivity index (χ1n) is 7.24. The zero-order valence-electron chi connectivity index (χ0n) is 13.4. The van der Waals surface area contributed by atoms with Gasteiger partial charge in [0.15, 0.2) is 5.82 Å². The smallest absolute Gasteiger partial charge is 0.262 e. The van der Waals surface area contributed by atoms with E-state index in [1.165, 1.54) is 18.2 Å². The number of nitrogens with zero attached hydrogens (tertiary/aromatic N) is 3. The van der Waals surface area contributed by atoms with Crippen molar-refractivity contribution in [1.29, 1.82) is 0 Å². The maximum Gasteiger partial charge on any atom is 0.262 e. The normalized spacial score (nSPS) is 11.5. The van der Waals surface area contributed by atoms with Crippen LogP contribution in [0.15, 0.2) is 47.5 Å². The molecule has 0 radical (unpaired) electrons. The molecule has 0 saturated carbocycles. The first-order valence-corrected chi connectivity index (χ1v) is 9.48. The van der Waals surface area contributed by atoms with Crippen LogP contribution in [0.5, 0.6) is 0 Å². The molecule has 2 aromatic heterocycles. The Balaban J connectivity index is 2.03. The second kappa shape index (κ2) is 6.67. The van der Waals surface area contributed by atoms with Gasteiger partial charge in [-0.25, -0.2) is 18.1 Å². The Bertz CT molecular complexity index is 1050. The van der Waals surface area contributed by atoms with E-state index in [9.17, 15) is 8.42 Å². The highest BCUT2D eigenvalue weighted by Gasteiger charge is 2.19. The Kier molecular flexibility index (Phi) is 4.73. The van der Waals surface area contributed by atoms with Crippen LogP contribution >= 0.6 is 23.2 Å². The van der Waals surface area contributed by atoms with Crippen molar-refractivity contribution in [1.82, 2.24) is 14.8 Å². The molecule has 0 aliphatic carbocycles. The van der Waals surface area contributed by atoms with Crippen molar-refractivity contribution in [3.63, 3.8) is 0 Å². The summed E-state index contributed by atoms with van der Waals surface area (Å²) in [5, 5.41) is 4.79. The average molecular weight is 397 g/mol. The summed E-state index contributed by atoms with van der Waals surface area (Å²) in [6, 6.07) is 9.26. The molecule has 130 valence electrons. The van der Waals surface area contributed by atoms with Gasteiger partial charge in [0.2, 0.25) is 0 Å². The van der Waals surface area contributed by atoms with Crippen LogP contribution in [0.2, 0.25) is 10.0 Å². The van der Waals surface area contributed by atoms with Crippen LogP contribution in [-0.2, 0) is 10.0 Å². The van der Waals surface area contributed by atoms with E-state index in [-0.39, 0.29) is 14.9 Å². The number of hydrogen-bond acceptors (Lipinski definition) is 4. The lowest BCUT2D eigenvalue weighted by atomic mass is 10.3. The highest BCUT2D eigenvalue weighted by Crippen LogP contribution is 2.27. The fourth-order valence-corrected chi connectivity index (χ4v) is 3.79. The standard InChI is InChI=1S/C16H14Cl2N4O2S/c1-10-8-11(2)22(20-10)16-15(4-3-7-19-16)21-25(23,24)12-5-6-13(17)14(18)9-12/h3-9,21H,1-2H3. The molecular formula is C16H14Cl2N4O2S. The quantitative estimate of drug-likeness (QED) is 0.722. The predicted octanol–water partition coefficient (Wildman–Crippen LogP) is 3.99. The van der Waals surface area contributed by atoms with Gasteiger partial charge in [-0.15, -0.1) is 0 Å². The van der Waals surface area contributed by atoms with Gasteiger partial charge in [-0.05, 0) is 50.2 Å². The van der Waals surface area contributed by atoms with Gasteiger partial charge in [0.25, 0.3) is 10.0 Å². The largest absolute Gasteiger partial charge is 0.276 e. The molecule has 25 heavy (non-hydrogen) atoms. The van der Waals surface area contributed by atoms with E-state index >= 15 is 0 Å². The summed E-state index contributed by atoms with van der Waals surface area (Å²) >= 11 is 11.8. The highest BCUT2D eigenvalue weighted by atomic mass is 35.5. The predicted molar refractivity (Wildman–Crippen MR) is 98.1 cm³/mol. The molecule has 0 aliphatic heterocycles. The summed E-state index contributed by atoms with van der Waals surface area (Å²) in [6.45, 7) is 3.72. The number of pyridine rings is 1. The van der Waals surface area contributed by atoms with Crippen molar-refractivity contribution in [3.05, 3.63) is 64.0 Å². The van der Waals surface area contributed by atoms with Crippen molar-refractivity contribution in [2.24, 2.45) is 0 Å². The van der Waals surface area contributed by atoms with Crippen LogP contribution in [0.25, 0.3) is 5.82 Å². The Morgan fingerprint density at radius 3 is 2.48 bits per heavy atom. The molecule has 1 aromatic carbocycles. The zero-order valence-corrected chi connectivity index (χ0v) is 15.7. The summed E-state index contributed by atoms with van der Waals surface area (Å²) in [7, 11) is -3.86. The van der Waals surface area contributed by atoms with Crippen LogP contribution in [0, 0.1) is 13.8 Å². The van der Waals surface area contributed by atoms with Gasteiger partial charge < -0.3 is 0 Å². The summed E-state index contributed by atoms with van der Waals surface area (Å²) in [4.78, 5) is 4.26. The van der Waals surface area contributed by atoms with Crippen LogP contribution in [0.1, 0.15) is 11.4 Å². The molecule has 2 heterocycles. The van der Waals surface area contributed by atoms with E-state index in [1.807, 2.05) is 19.9 Å². The van der Waals surface area contributed by atoms with E-state index in [0.717, 1.165) is 11.4 Å². The van der Waals surface area contributed by atoms with Gasteiger partial charge in [0.05, 0.1) is 26.3 Å². The van der Waals surface area contributed by atoms with Gasteiger partial charge in [0, 0.05) is 11.9 Å². The van der Waals surface area contributed by atoms with Crippen LogP contribution in [0.3, 0.4) is 0 Å². The average Bonchev–Trinajstić information content (AvgIpc) is 2.88. The minimum atomic E-state index is -3.86. The van der Waals surface area contributed by atoms with E-state index in [4.69, 9.17) is 23.2 Å². The number of nitrogens with one attached hydrogen (secondary N) is 1. The topological polar surface area (TPSA) is 76.9 Å². The molecule has 6 nitrogen and oxygen atoms in total. The SMILES string of the molecule is Cc1cc(C)n(-c2ncccc2NS(=O)(=O)c2ccc(Cl)c(Cl)c2)n1. The molecule has 9 heteroatoms. The molecule has 3 rings (SSSR count). The molecular weight excluding hydrogens is 383 g/mol. The Morgan fingerprint density at radius 2 is 1.84 bits per heavy atom. The van der Waals surface area contributed by atoms with Crippen molar-refractivity contribution in [3.8, 4) is 5.82 Å². The lowest BCUT2D eigenvalue weighted by Crippen LogP contribution is -2.16. The van der Waals surface area contributed by atoms with E-state index in [0.29, 0.717) is 11.5 Å². The monoisotopic (exact) mass is 396 g/mol. The number of rotatable bonds is 4. The van der Waals surface area contributed by atoms with Gasteiger partial charge in [-0.2, -0.15) is 5.10 Å². The lowest BCUT2D eigenvalue weighted by Gasteiger charge is -2.13. The number of aromatic nitrogens is 3. The number of sulfonamides is 1. The fraction of sp³-hybridized carbons (Fsp3) is 0.125. The molecule has 0 bridgehead atoms. The van der Waals surface area contributed by atoms with Gasteiger partial charge in [-0.3, -0.25) is 4.72 Å². The minimum absolute atomic E-state index is 0.00470. The Hall–Kier alpha value is -2.09. The second-order valence-electron chi connectivity index (χ2n) is 5.39. The molecule has 0 atom stereocenters. The summed E-state index contributed by atoms with van der Waals surface area (Å²) in [5.41, 5.74) is 1.95. The molecule has 0 aliphatic rings. The molecule has 0 fully saturated rings. The first-order chi connectivity index (χ1) is 11.8. The third-order valence-electron chi connectivity index (χ3n) is 3.44. The van der Waals surface area contributed by atoms with Gasteiger partial charge >= 0.3 is 0 Å². The molecule has 3 aromatic rings. The van der Waals surface area contributed by atoms with E-state index < -0.39 is 10.0 Å². The highest BCUT2D eigenvalue weighted by molar-refractivity contribution is 7.92. The zero-order chi connectivity index (χ0) is 18.2. The fourth-order valence-electron chi connectivity index (χ4n) is 2.34. The van der Waals surface area contributed by atoms with E-state index in [2.05, 4.69) is 14.8 Å². The summed E-state index contributed by atoms with van der Waals surface area (Å²) in [6.07, 6.45) is 1.57. The van der Waals surface area contributed by atoms with Crippen LogP contribution in [0.4, 0.5) is 5.69 Å². The van der Waals surface area contributed by atoms with Crippen molar-refractivity contribution in [2.45, 2.75) is 18.7 Å². The minimum Gasteiger partial charge on any atom is -0.276 e. The van der Waals surface area contributed by atoms with Gasteiger partial charge in [-0.1, -0.05) is 23.2 Å². The number of aryl methyl sites for hydroxylation is 2. The molecule has 1 N–H and O–H groups in total. The number of halogens is 2. The summed E-state index contributed by atoms with van der Waals surface area (Å²) < 4.78 is 29.5. The van der Waals surface area contributed by atoms with Crippen molar-refractivity contribution in [2.75, 3.05) is 4.72 Å². The molecule has 0 saturated heterocycles. The number of anilines is 1. The Morgan fingerprint density at radius 1 is 1.08 bits per heavy atom. The first kappa shape index (κ1) is 17.7. The molecule has 0 spiro atoms. The third kappa shape index (κ3) is 3.63.